The van der Waals surface area contributed by atoms with Crippen molar-refractivity contribution in [2.24, 2.45) is 5.92 Å². The van der Waals surface area contributed by atoms with Crippen LogP contribution in [0.2, 0.25) is 0 Å². The van der Waals surface area contributed by atoms with Gasteiger partial charge in [-0.1, -0.05) is 42.5 Å². The number of ether oxygens (including phenoxy) is 1. The molecule has 0 radical (unpaired) electrons. The van der Waals surface area contributed by atoms with Crippen molar-refractivity contribution in [3.63, 3.8) is 0 Å². The van der Waals surface area contributed by atoms with E-state index < -0.39 is 0 Å². The molecule has 1 atom stereocenters. The fraction of sp³-hybridized carbons (Fsp3) is 0.200. The number of ketones is 1. The molecule has 0 heterocycles. The molecular weight excluding hydrogens is 228 g/mol. The molecule has 0 fully saturated rings. The molecule has 1 aromatic carbocycles. The van der Waals surface area contributed by atoms with Crippen LogP contribution in [0.3, 0.4) is 0 Å². The fourth-order valence-electron chi connectivity index (χ4n) is 1.77. The van der Waals surface area contributed by atoms with Crippen molar-refractivity contribution in [3.8, 4) is 0 Å². The summed E-state index contributed by atoms with van der Waals surface area (Å²) in [7, 11) is 0. The van der Waals surface area contributed by atoms with Crippen LogP contribution in [0.5, 0.6) is 0 Å². The van der Waals surface area contributed by atoms with Gasteiger partial charge in [-0.2, -0.15) is 0 Å². The summed E-state index contributed by atoms with van der Waals surface area (Å²) in [5.41, 5.74) is 1.01. The zero-order valence-electron chi connectivity index (χ0n) is 9.91. The average Bonchev–Trinajstić information content (AvgIpc) is 2.41. The zero-order chi connectivity index (χ0) is 12.8. The van der Waals surface area contributed by atoms with E-state index in [1.165, 1.54) is 0 Å². The lowest BCUT2D eigenvalue weighted by molar-refractivity contribution is -0.123. The second-order valence-electron chi connectivity index (χ2n) is 4.06. The predicted molar refractivity (Wildman–Crippen MR) is 67.6 cm³/mol. The van der Waals surface area contributed by atoms with Crippen molar-refractivity contribution >= 4 is 12.1 Å². The quantitative estimate of drug-likeness (QED) is 0.745. The molecule has 0 bridgehead atoms. The van der Waals surface area contributed by atoms with Gasteiger partial charge >= 0.3 is 0 Å². The van der Waals surface area contributed by atoms with Gasteiger partial charge in [0.1, 0.15) is 12.9 Å². The van der Waals surface area contributed by atoms with E-state index in [0.717, 1.165) is 11.8 Å². The highest BCUT2D eigenvalue weighted by atomic mass is 16.5. The molecule has 3 heteroatoms. The Kier molecular flexibility index (Phi) is 4.07. The third-order valence-electron chi connectivity index (χ3n) is 2.76. The molecule has 3 nitrogen and oxygen atoms in total. The van der Waals surface area contributed by atoms with E-state index >= 15 is 0 Å². The van der Waals surface area contributed by atoms with Crippen LogP contribution < -0.4 is 0 Å². The minimum atomic E-state index is -0.377. The molecule has 0 unspecified atom stereocenters. The summed E-state index contributed by atoms with van der Waals surface area (Å²) in [6, 6.07) is 9.65. The minimum absolute atomic E-state index is 0.125. The Bertz CT molecular complexity index is 486. The summed E-state index contributed by atoms with van der Waals surface area (Å²) < 4.78 is 5.50. The molecule has 2 rings (SSSR count). The highest BCUT2D eigenvalue weighted by molar-refractivity contribution is 5.98. The summed E-state index contributed by atoms with van der Waals surface area (Å²) in [6.07, 6.45) is 6.10. The number of allylic oxidation sites excluding steroid dienone is 4. The molecule has 0 spiro atoms. The number of hydrogen-bond donors (Lipinski definition) is 0. The van der Waals surface area contributed by atoms with Gasteiger partial charge in [-0.15, -0.1) is 0 Å². The molecule has 1 aliphatic rings. The lowest BCUT2D eigenvalue weighted by atomic mass is 9.95. The van der Waals surface area contributed by atoms with Crippen molar-refractivity contribution in [1.82, 2.24) is 0 Å². The number of Topliss-reactive ketones (excluding diaryl/α,β-unsaturated/α-hetero) is 1. The first kappa shape index (κ1) is 12.3. The smallest absolute Gasteiger partial charge is 0.204 e. The van der Waals surface area contributed by atoms with E-state index in [1.54, 1.807) is 18.2 Å². The van der Waals surface area contributed by atoms with Crippen LogP contribution >= 0.6 is 0 Å². The highest BCUT2D eigenvalue weighted by Crippen LogP contribution is 2.19. The lowest BCUT2D eigenvalue weighted by Crippen LogP contribution is -2.19. The second kappa shape index (κ2) is 5.96. The van der Waals surface area contributed by atoms with Crippen LogP contribution in [0, 0.1) is 5.92 Å². The van der Waals surface area contributed by atoms with Crippen molar-refractivity contribution in [1.29, 1.82) is 0 Å². The largest absolute Gasteiger partial charge is 0.485 e. The maximum atomic E-state index is 11.9. The van der Waals surface area contributed by atoms with E-state index in [9.17, 15) is 9.59 Å². The number of carbonyl (C=O) groups excluding carboxylic acids is 2. The minimum Gasteiger partial charge on any atom is -0.485 e. The van der Waals surface area contributed by atoms with E-state index in [4.69, 9.17) is 4.74 Å². The number of carbonyl (C=O) groups is 2. The Morgan fingerprint density at radius 3 is 2.72 bits per heavy atom. The van der Waals surface area contributed by atoms with Gasteiger partial charge in [0.25, 0.3) is 0 Å². The molecule has 0 N–H and O–H groups in total. The fourth-order valence-corrected chi connectivity index (χ4v) is 1.77. The van der Waals surface area contributed by atoms with Gasteiger partial charge < -0.3 is 9.53 Å². The maximum absolute atomic E-state index is 11.9. The van der Waals surface area contributed by atoms with Crippen LogP contribution in [0.15, 0.2) is 54.3 Å². The van der Waals surface area contributed by atoms with E-state index in [2.05, 4.69) is 0 Å². The number of benzene rings is 1. The predicted octanol–water partition coefficient (Wildman–Crippen LogP) is 2.43. The number of aldehydes is 1. The van der Waals surface area contributed by atoms with Gasteiger partial charge in [0, 0.05) is 6.42 Å². The normalized spacial score (nSPS) is 18.3. The number of hydrogen-bond acceptors (Lipinski definition) is 3. The van der Waals surface area contributed by atoms with Crippen LogP contribution in [0.1, 0.15) is 12.0 Å². The maximum Gasteiger partial charge on any atom is 0.204 e. The Labute approximate surface area is 106 Å². The Balaban J connectivity index is 1.97. The Hall–Kier alpha value is -2.16. The topological polar surface area (TPSA) is 43.4 Å². The first-order valence-electron chi connectivity index (χ1n) is 5.84. The average molecular weight is 242 g/mol. The molecule has 1 aromatic rings. The van der Waals surface area contributed by atoms with Crippen LogP contribution in [-0.2, 0) is 20.9 Å². The highest BCUT2D eigenvalue weighted by Gasteiger charge is 2.22. The first-order valence-corrected chi connectivity index (χ1v) is 5.84. The van der Waals surface area contributed by atoms with Crippen molar-refractivity contribution in [2.45, 2.75) is 13.0 Å². The number of rotatable bonds is 5. The van der Waals surface area contributed by atoms with Gasteiger partial charge in [-0.25, -0.2) is 0 Å². The summed E-state index contributed by atoms with van der Waals surface area (Å²) in [4.78, 5) is 22.4. The summed E-state index contributed by atoms with van der Waals surface area (Å²) in [6.45, 7) is 0.361. The lowest BCUT2D eigenvalue weighted by Gasteiger charge is -2.16. The molecular formula is C15H14O3. The zero-order valence-corrected chi connectivity index (χ0v) is 9.91. The van der Waals surface area contributed by atoms with Gasteiger partial charge in [0.2, 0.25) is 5.78 Å². The van der Waals surface area contributed by atoms with Crippen LogP contribution in [-0.4, -0.2) is 12.1 Å². The monoisotopic (exact) mass is 242 g/mol. The standard InChI is InChI=1S/C15H14O3/c16-10-9-13-7-4-8-14(15(13)17)18-11-12-5-2-1-3-6-12/h1-8,10,13H,9,11H2/t13-/m0/s1. The van der Waals surface area contributed by atoms with E-state index in [-0.39, 0.29) is 18.1 Å². The summed E-state index contributed by atoms with van der Waals surface area (Å²) in [5.74, 6) is -0.174. The molecule has 18 heavy (non-hydrogen) atoms. The van der Waals surface area contributed by atoms with Crippen molar-refractivity contribution < 1.29 is 14.3 Å². The molecule has 0 saturated carbocycles. The molecule has 92 valence electrons. The molecule has 0 saturated heterocycles. The molecule has 0 aliphatic heterocycles. The van der Waals surface area contributed by atoms with Gasteiger partial charge in [-0.3, -0.25) is 4.79 Å². The van der Waals surface area contributed by atoms with Crippen LogP contribution in [0.4, 0.5) is 0 Å². The Morgan fingerprint density at radius 2 is 2.00 bits per heavy atom. The SMILES string of the molecule is O=CC[C@@H]1C=CC=C(OCc2ccccc2)C1=O. The van der Waals surface area contributed by atoms with Gasteiger partial charge in [-0.05, 0) is 11.6 Å². The van der Waals surface area contributed by atoms with Crippen molar-refractivity contribution in [3.05, 3.63) is 59.9 Å². The molecule has 0 amide bonds. The van der Waals surface area contributed by atoms with Gasteiger partial charge in [0.15, 0.2) is 5.76 Å². The molecule has 0 aromatic heterocycles. The third-order valence-corrected chi connectivity index (χ3v) is 2.76. The summed E-state index contributed by atoms with van der Waals surface area (Å²) >= 11 is 0. The van der Waals surface area contributed by atoms with Crippen LogP contribution in [0.25, 0.3) is 0 Å². The second-order valence-corrected chi connectivity index (χ2v) is 4.06. The van der Waals surface area contributed by atoms with E-state index in [1.807, 2.05) is 30.3 Å². The van der Waals surface area contributed by atoms with Crippen molar-refractivity contribution in [2.75, 3.05) is 0 Å². The van der Waals surface area contributed by atoms with Gasteiger partial charge in [0.05, 0.1) is 5.92 Å². The molecule has 1 aliphatic carbocycles. The van der Waals surface area contributed by atoms with E-state index in [0.29, 0.717) is 12.4 Å². The third kappa shape index (κ3) is 2.94. The first-order chi connectivity index (χ1) is 8.81. The Morgan fingerprint density at radius 1 is 1.22 bits per heavy atom. The summed E-state index contributed by atoms with van der Waals surface area (Å²) in [5, 5.41) is 0.